The SMILES string of the molecule is CC1(C)OB(c2ccc(C(O)Nc3cc(C(F)(F)F)ccn3)cc2O)OC1(C)C. The molecule has 1 saturated heterocycles. The summed E-state index contributed by atoms with van der Waals surface area (Å²) < 4.78 is 50.2. The van der Waals surface area contributed by atoms with Gasteiger partial charge < -0.3 is 24.8 Å². The van der Waals surface area contributed by atoms with Crippen LogP contribution in [0.5, 0.6) is 5.75 Å². The second-order valence-electron chi connectivity index (χ2n) is 7.88. The summed E-state index contributed by atoms with van der Waals surface area (Å²) in [5.41, 5.74) is -1.43. The van der Waals surface area contributed by atoms with Crippen molar-refractivity contribution >= 4 is 18.4 Å². The highest BCUT2D eigenvalue weighted by Crippen LogP contribution is 2.37. The Morgan fingerprint density at radius 2 is 1.69 bits per heavy atom. The highest BCUT2D eigenvalue weighted by Gasteiger charge is 2.52. The number of aliphatic hydroxyl groups excluding tert-OH is 1. The molecule has 0 amide bonds. The normalized spacial score (nSPS) is 19.2. The molecule has 29 heavy (non-hydrogen) atoms. The van der Waals surface area contributed by atoms with Crippen molar-refractivity contribution in [3.05, 3.63) is 47.7 Å². The first-order chi connectivity index (χ1) is 13.3. The maximum Gasteiger partial charge on any atom is 0.498 e. The molecule has 3 rings (SSSR count). The maximum atomic E-state index is 12.8. The number of nitrogens with one attached hydrogen (secondary N) is 1. The van der Waals surface area contributed by atoms with E-state index in [-0.39, 0.29) is 17.1 Å². The fourth-order valence-corrected chi connectivity index (χ4v) is 2.81. The number of aromatic nitrogens is 1. The molecular weight excluding hydrogens is 388 g/mol. The topological polar surface area (TPSA) is 83.8 Å². The third-order valence-corrected chi connectivity index (χ3v) is 5.25. The third kappa shape index (κ3) is 4.34. The largest absolute Gasteiger partial charge is 0.508 e. The van der Waals surface area contributed by atoms with Gasteiger partial charge in [-0.1, -0.05) is 12.1 Å². The molecule has 10 heteroatoms. The Labute approximate surface area is 166 Å². The van der Waals surface area contributed by atoms with Gasteiger partial charge in [0.05, 0.1) is 16.8 Å². The fourth-order valence-electron chi connectivity index (χ4n) is 2.81. The van der Waals surface area contributed by atoms with E-state index in [4.69, 9.17) is 9.31 Å². The van der Waals surface area contributed by atoms with Crippen molar-refractivity contribution in [3.63, 3.8) is 0 Å². The van der Waals surface area contributed by atoms with Crippen LogP contribution in [0, 0.1) is 0 Å². The van der Waals surface area contributed by atoms with Gasteiger partial charge in [-0.3, -0.25) is 0 Å². The summed E-state index contributed by atoms with van der Waals surface area (Å²) >= 11 is 0. The molecule has 1 fully saturated rings. The number of phenols is 1. The van der Waals surface area contributed by atoms with E-state index in [1.165, 1.54) is 18.2 Å². The Morgan fingerprint density at radius 1 is 1.07 bits per heavy atom. The molecule has 2 heterocycles. The first-order valence-corrected chi connectivity index (χ1v) is 8.96. The molecule has 1 atom stereocenters. The number of nitrogens with zero attached hydrogens (tertiary/aromatic N) is 1. The number of benzene rings is 1. The number of pyridine rings is 1. The number of hydrogen-bond donors (Lipinski definition) is 3. The van der Waals surface area contributed by atoms with Gasteiger partial charge in [0.1, 0.15) is 11.6 Å². The Bertz CT molecular complexity index is 889. The number of aliphatic hydroxyl groups is 1. The summed E-state index contributed by atoms with van der Waals surface area (Å²) in [4.78, 5) is 3.78. The van der Waals surface area contributed by atoms with Crippen LogP contribution < -0.4 is 10.8 Å². The van der Waals surface area contributed by atoms with E-state index in [9.17, 15) is 23.4 Å². The number of phenolic OH excluding ortho intramolecular Hbond substituents is 1. The van der Waals surface area contributed by atoms with E-state index >= 15 is 0 Å². The molecule has 1 unspecified atom stereocenters. The van der Waals surface area contributed by atoms with Crippen LogP contribution in [0.4, 0.5) is 19.0 Å². The summed E-state index contributed by atoms with van der Waals surface area (Å²) in [6, 6.07) is 5.99. The lowest BCUT2D eigenvalue weighted by atomic mass is 9.78. The van der Waals surface area contributed by atoms with Gasteiger partial charge in [-0.05, 0) is 45.9 Å². The average Bonchev–Trinajstić information content (AvgIpc) is 2.81. The third-order valence-electron chi connectivity index (χ3n) is 5.25. The molecule has 1 aromatic carbocycles. The lowest BCUT2D eigenvalue weighted by Crippen LogP contribution is -2.41. The molecule has 0 aliphatic carbocycles. The van der Waals surface area contributed by atoms with Gasteiger partial charge in [0, 0.05) is 17.2 Å². The number of rotatable bonds is 4. The summed E-state index contributed by atoms with van der Waals surface area (Å²) in [6.07, 6.45) is -4.91. The lowest BCUT2D eigenvalue weighted by molar-refractivity contribution is -0.137. The smallest absolute Gasteiger partial charge is 0.498 e. The van der Waals surface area contributed by atoms with Crippen LogP contribution in [0.15, 0.2) is 36.5 Å². The van der Waals surface area contributed by atoms with E-state index in [1.807, 2.05) is 27.7 Å². The second-order valence-corrected chi connectivity index (χ2v) is 7.88. The van der Waals surface area contributed by atoms with Gasteiger partial charge in [0.25, 0.3) is 0 Å². The minimum absolute atomic E-state index is 0.151. The molecule has 1 aromatic heterocycles. The van der Waals surface area contributed by atoms with Gasteiger partial charge in [-0.2, -0.15) is 13.2 Å². The Kier molecular flexibility index (Phi) is 5.31. The van der Waals surface area contributed by atoms with Gasteiger partial charge in [0.2, 0.25) is 0 Å². The molecule has 6 nitrogen and oxygen atoms in total. The van der Waals surface area contributed by atoms with Crippen LogP contribution in [0.2, 0.25) is 0 Å². The van der Waals surface area contributed by atoms with Crippen LogP contribution in [0.25, 0.3) is 0 Å². The molecule has 1 aliphatic heterocycles. The second kappa shape index (κ2) is 7.19. The lowest BCUT2D eigenvalue weighted by Gasteiger charge is -2.32. The summed E-state index contributed by atoms with van der Waals surface area (Å²) in [5.74, 6) is -0.319. The van der Waals surface area contributed by atoms with Crippen LogP contribution in [0.3, 0.4) is 0 Å². The maximum absolute atomic E-state index is 12.8. The van der Waals surface area contributed by atoms with Crippen LogP contribution in [-0.2, 0) is 15.5 Å². The predicted octanol–water partition coefficient (Wildman–Crippen LogP) is 3.21. The summed E-state index contributed by atoms with van der Waals surface area (Å²) in [5, 5.41) is 23.2. The number of hydrogen-bond acceptors (Lipinski definition) is 6. The zero-order valence-corrected chi connectivity index (χ0v) is 16.4. The summed E-state index contributed by atoms with van der Waals surface area (Å²) in [7, 11) is -0.788. The molecule has 0 spiro atoms. The molecule has 2 aromatic rings. The molecule has 1 aliphatic rings. The number of alkyl halides is 3. The zero-order chi connectivity index (χ0) is 21.6. The Balaban J connectivity index is 1.77. The van der Waals surface area contributed by atoms with E-state index < -0.39 is 36.3 Å². The quantitative estimate of drug-likeness (QED) is 0.531. The number of anilines is 1. The molecule has 0 bridgehead atoms. The fraction of sp³-hybridized carbons (Fsp3) is 0.421. The minimum Gasteiger partial charge on any atom is -0.508 e. The van der Waals surface area contributed by atoms with Crippen molar-refractivity contribution in [2.45, 2.75) is 51.3 Å². The first-order valence-electron chi connectivity index (χ1n) is 8.96. The van der Waals surface area contributed by atoms with Crippen LogP contribution in [-0.4, -0.2) is 33.5 Å². The van der Waals surface area contributed by atoms with Gasteiger partial charge >= 0.3 is 13.3 Å². The molecule has 0 saturated carbocycles. The molecular formula is C19H22BF3N2O4. The predicted molar refractivity (Wildman–Crippen MR) is 102 cm³/mol. The van der Waals surface area contributed by atoms with Gasteiger partial charge in [-0.15, -0.1) is 0 Å². The van der Waals surface area contributed by atoms with Crippen molar-refractivity contribution in [1.29, 1.82) is 0 Å². The van der Waals surface area contributed by atoms with Crippen molar-refractivity contribution in [2.75, 3.05) is 5.32 Å². The minimum atomic E-state index is -4.52. The van der Waals surface area contributed by atoms with Crippen molar-refractivity contribution < 1.29 is 32.7 Å². The first kappa shape index (κ1) is 21.4. The van der Waals surface area contributed by atoms with Crippen molar-refractivity contribution in [2.24, 2.45) is 0 Å². The molecule has 3 N–H and O–H groups in total. The van der Waals surface area contributed by atoms with Gasteiger partial charge in [0.15, 0.2) is 6.23 Å². The van der Waals surface area contributed by atoms with E-state index in [0.29, 0.717) is 5.46 Å². The van der Waals surface area contributed by atoms with Gasteiger partial charge in [-0.25, -0.2) is 4.98 Å². The van der Waals surface area contributed by atoms with E-state index in [0.717, 1.165) is 18.3 Å². The average molecular weight is 410 g/mol. The molecule has 0 radical (unpaired) electrons. The Morgan fingerprint density at radius 3 is 2.24 bits per heavy atom. The van der Waals surface area contributed by atoms with Crippen molar-refractivity contribution in [3.8, 4) is 5.75 Å². The Hall–Kier alpha value is -2.30. The zero-order valence-electron chi connectivity index (χ0n) is 16.4. The van der Waals surface area contributed by atoms with Crippen molar-refractivity contribution in [1.82, 2.24) is 4.98 Å². The number of halogens is 3. The van der Waals surface area contributed by atoms with E-state index in [2.05, 4.69) is 10.3 Å². The number of aromatic hydroxyl groups is 1. The van der Waals surface area contributed by atoms with E-state index in [1.54, 1.807) is 0 Å². The summed E-state index contributed by atoms with van der Waals surface area (Å²) in [6.45, 7) is 7.53. The molecule has 156 valence electrons. The highest BCUT2D eigenvalue weighted by molar-refractivity contribution is 6.63. The van der Waals surface area contributed by atoms with Crippen LogP contribution >= 0.6 is 0 Å². The van der Waals surface area contributed by atoms with Crippen LogP contribution in [0.1, 0.15) is 45.0 Å². The highest BCUT2D eigenvalue weighted by atomic mass is 19.4. The standard InChI is InChI=1S/C19H22BF3N2O4/c1-17(2)18(3,4)29-20(28-17)13-6-5-11(9-14(13)26)16(27)25-15-10-12(7-8-24-15)19(21,22)23/h5-10,16,26-27H,1-4H3,(H,24,25). The monoisotopic (exact) mass is 410 g/mol.